The van der Waals surface area contributed by atoms with Gasteiger partial charge >= 0.3 is 6.09 Å². The van der Waals surface area contributed by atoms with Crippen molar-refractivity contribution in [1.82, 2.24) is 20.9 Å². The fourth-order valence-corrected chi connectivity index (χ4v) is 5.20. The lowest BCUT2D eigenvalue weighted by Gasteiger charge is -2.36. The van der Waals surface area contributed by atoms with E-state index in [4.69, 9.17) is 4.74 Å². The molecule has 0 aromatic carbocycles. The van der Waals surface area contributed by atoms with Crippen LogP contribution in [-0.4, -0.2) is 89.5 Å². The first kappa shape index (κ1) is 30.7. The van der Waals surface area contributed by atoms with Gasteiger partial charge in [0.25, 0.3) is 5.91 Å². The first-order chi connectivity index (χ1) is 18.0. The monoisotopic (exact) mass is 558 g/mol. The van der Waals surface area contributed by atoms with Crippen molar-refractivity contribution in [1.29, 1.82) is 0 Å². The number of carboxylic acid groups (broad SMARTS) is 1. The van der Waals surface area contributed by atoms with Gasteiger partial charge in [-0.1, -0.05) is 20.8 Å². The van der Waals surface area contributed by atoms with E-state index in [9.17, 15) is 37.9 Å². The molecule has 2 aliphatic heterocycles. The van der Waals surface area contributed by atoms with Crippen molar-refractivity contribution in [3.63, 3.8) is 0 Å². The molecule has 3 aliphatic rings. The van der Waals surface area contributed by atoms with Gasteiger partial charge in [-0.3, -0.25) is 19.2 Å². The summed E-state index contributed by atoms with van der Waals surface area (Å²) in [6.45, 7) is 6.81. The summed E-state index contributed by atoms with van der Waals surface area (Å²) in [4.78, 5) is 65.5. The summed E-state index contributed by atoms with van der Waals surface area (Å²) in [5, 5.41) is 16.6. The third-order valence-corrected chi connectivity index (χ3v) is 7.67. The number of nitrogens with one attached hydrogen (secondary N) is 3. The van der Waals surface area contributed by atoms with Crippen molar-refractivity contribution < 1.29 is 42.6 Å². The van der Waals surface area contributed by atoms with Gasteiger partial charge in [0.2, 0.25) is 23.5 Å². The quantitative estimate of drug-likeness (QED) is 0.298. The van der Waals surface area contributed by atoms with E-state index < -0.39 is 77.3 Å². The van der Waals surface area contributed by atoms with Crippen LogP contribution in [0.1, 0.15) is 72.6 Å². The summed E-state index contributed by atoms with van der Waals surface area (Å²) in [5.74, 6) is -6.42. The number of nitrogens with zero attached hydrogens (tertiary/aromatic N) is 1. The van der Waals surface area contributed by atoms with Crippen LogP contribution in [0.15, 0.2) is 0 Å². The van der Waals surface area contributed by atoms with Crippen LogP contribution in [0.2, 0.25) is 0 Å². The van der Waals surface area contributed by atoms with E-state index in [1.807, 2.05) is 0 Å². The van der Waals surface area contributed by atoms with Crippen LogP contribution >= 0.6 is 0 Å². The Labute approximate surface area is 226 Å². The summed E-state index contributed by atoms with van der Waals surface area (Å²) in [6, 6.07) is -3.89. The minimum atomic E-state index is -3.12. The molecule has 4 amide bonds. The molecule has 0 aromatic heterocycles. The first-order valence-electron chi connectivity index (χ1n) is 13.4. The smallest absolute Gasteiger partial charge is 0.405 e. The number of hydrogen-bond donors (Lipinski definition) is 4. The number of Topliss-reactive ketones (excluding diaryl/α,β-unsaturated/α-hetero) is 1. The van der Waals surface area contributed by atoms with Crippen molar-refractivity contribution in [2.24, 2.45) is 10.8 Å². The molecular formula is C26H40F2N4O7. The zero-order valence-electron chi connectivity index (χ0n) is 23.0. The lowest BCUT2D eigenvalue weighted by molar-refractivity contribution is -0.144. The van der Waals surface area contributed by atoms with Crippen molar-refractivity contribution in [2.75, 3.05) is 19.8 Å². The highest BCUT2D eigenvalue weighted by Gasteiger charge is 2.52. The van der Waals surface area contributed by atoms with E-state index in [2.05, 4.69) is 16.0 Å². The third kappa shape index (κ3) is 8.33. The second-order valence-electron chi connectivity index (χ2n) is 12.3. The Bertz CT molecular complexity index is 968. The molecule has 220 valence electrons. The third-order valence-electron chi connectivity index (χ3n) is 7.67. The average molecular weight is 559 g/mol. The maximum atomic E-state index is 13.7. The Hall–Kier alpha value is -2.83. The number of likely N-dealkylation sites (tertiary alicyclic amines) is 1. The topological polar surface area (TPSA) is 154 Å². The lowest BCUT2D eigenvalue weighted by Crippen LogP contribution is -2.59. The highest BCUT2D eigenvalue weighted by molar-refractivity contribution is 6.38. The molecule has 0 bridgehead atoms. The van der Waals surface area contributed by atoms with Crippen LogP contribution in [0, 0.1) is 10.8 Å². The molecule has 3 atom stereocenters. The Balaban J connectivity index is 1.86. The Morgan fingerprint density at radius 2 is 1.67 bits per heavy atom. The zero-order valence-corrected chi connectivity index (χ0v) is 23.0. The molecule has 3 fully saturated rings. The minimum Gasteiger partial charge on any atom is -0.465 e. The molecule has 4 N–H and O–H groups in total. The van der Waals surface area contributed by atoms with Gasteiger partial charge in [0.1, 0.15) is 12.1 Å². The van der Waals surface area contributed by atoms with E-state index in [1.165, 1.54) is 4.90 Å². The Kier molecular flexibility index (Phi) is 9.24. The summed E-state index contributed by atoms with van der Waals surface area (Å²) >= 11 is 0. The molecule has 11 nitrogen and oxygen atoms in total. The average Bonchev–Trinajstić information content (AvgIpc) is 3.57. The number of rotatable bonds is 10. The van der Waals surface area contributed by atoms with E-state index in [0.29, 0.717) is 45.8 Å². The van der Waals surface area contributed by atoms with Crippen molar-refractivity contribution in [3.8, 4) is 0 Å². The molecule has 1 spiro atoms. The Morgan fingerprint density at radius 1 is 1.05 bits per heavy atom. The van der Waals surface area contributed by atoms with Gasteiger partial charge in [-0.2, -0.15) is 0 Å². The Morgan fingerprint density at radius 3 is 2.18 bits per heavy atom. The molecule has 2 unspecified atom stereocenters. The molecule has 13 heteroatoms. The number of halogens is 2. The van der Waals surface area contributed by atoms with Crippen molar-refractivity contribution in [2.45, 2.75) is 103 Å². The number of alkyl halides is 2. The van der Waals surface area contributed by atoms with Crippen LogP contribution in [0.3, 0.4) is 0 Å². The zero-order chi connectivity index (χ0) is 29.2. The fourth-order valence-electron chi connectivity index (χ4n) is 5.20. The minimum absolute atomic E-state index is 0.141. The summed E-state index contributed by atoms with van der Waals surface area (Å²) in [7, 11) is 0. The fraction of sp³-hybridized carbons (Fsp3) is 0.808. The van der Waals surface area contributed by atoms with Gasteiger partial charge < -0.3 is 30.7 Å². The van der Waals surface area contributed by atoms with Gasteiger partial charge in [0, 0.05) is 32.2 Å². The van der Waals surface area contributed by atoms with E-state index in [1.54, 1.807) is 20.8 Å². The summed E-state index contributed by atoms with van der Waals surface area (Å²) in [5.41, 5.74) is -1.28. The molecule has 1 saturated carbocycles. The van der Waals surface area contributed by atoms with Crippen LogP contribution in [0.4, 0.5) is 13.6 Å². The van der Waals surface area contributed by atoms with Crippen molar-refractivity contribution >= 4 is 29.6 Å². The second-order valence-corrected chi connectivity index (χ2v) is 12.3. The first-order valence-corrected chi connectivity index (χ1v) is 13.4. The normalized spacial score (nSPS) is 22.6. The molecule has 2 saturated heterocycles. The van der Waals surface area contributed by atoms with Crippen LogP contribution in [-0.2, 0) is 23.9 Å². The number of hydrogen-bond acceptors (Lipinski definition) is 6. The van der Waals surface area contributed by atoms with Crippen molar-refractivity contribution in [3.05, 3.63) is 0 Å². The highest BCUT2D eigenvalue weighted by atomic mass is 19.3. The van der Waals surface area contributed by atoms with Gasteiger partial charge in [-0.15, -0.1) is 0 Å². The van der Waals surface area contributed by atoms with Crippen LogP contribution in [0.25, 0.3) is 0 Å². The van der Waals surface area contributed by atoms with E-state index >= 15 is 0 Å². The van der Waals surface area contributed by atoms with Crippen LogP contribution < -0.4 is 16.0 Å². The highest BCUT2D eigenvalue weighted by Crippen LogP contribution is 2.44. The predicted molar refractivity (Wildman–Crippen MR) is 135 cm³/mol. The summed E-state index contributed by atoms with van der Waals surface area (Å²) < 4.78 is 32.8. The standard InChI is InChI=1S/C26H40F2N4O7/c1-24(2,3)19(31-23(37)38)22(36)32-14-26(9-11-39-12-10-26)13-17(32)20(34)30-16(7-8-25(4,27)28)18(33)21(35)29-15-5-6-15/h15-17,19,31H,5-14H2,1-4H3,(H,29,35)(H,30,34)(H,37,38)/t16?,17?,19-/m1/s1. The molecule has 0 radical (unpaired) electrons. The van der Waals surface area contributed by atoms with Gasteiger partial charge in [0.15, 0.2) is 0 Å². The van der Waals surface area contributed by atoms with Gasteiger partial charge in [-0.25, -0.2) is 13.6 Å². The van der Waals surface area contributed by atoms with E-state index in [0.717, 1.165) is 0 Å². The maximum Gasteiger partial charge on any atom is 0.405 e. The lowest BCUT2D eigenvalue weighted by atomic mass is 9.78. The van der Waals surface area contributed by atoms with E-state index in [-0.39, 0.29) is 19.0 Å². The van der Waals surface area contributed by atoms with Crippen LogP contribution in [0.5, 0.6) is 0 Å². The maximum absolute atomic E-state index is 13.7. The second kappa shape index (κ2) is 11.7. The van der Waals surface area contributed by atoms with Gasteiger partial charge in [-0.05, 0) is 56.3 Å². The number of amides is 4. The number of carbonyl (C=O) groups is 5. The predicted octanol–water partition coefficient (Wildman–Crippen LogP) is 1.83. The molecule has 2 heterocycles. The molecule has 1 aliphatic carbocycles. The molecule has 39 heavy (non-hydrogen) atoms. The SMILES string of the molecule is CC(F)(F)CCC(NC(=O)C1CC2(CCOCC2)CN1C(=O)[C@@H](NC(=O)O)C(C)(C)C)C(=O)C(=O)NC1CC1. The number of ether oxygens (including phenoxy) is 1. The molecular weight excluding hydrogens is 518 g/mol. The van der Waals surface area contributed by atoms with Gasteiger partial charge in [0.05, 0.1) is 6.04 Å². The largest absolute Gasteiger partial charge is 0.465 e. The molecule has 3 rings (SSSR count). The molecule has 0 aromatic rings. The number of carbonyl (C=O) groups excluding carboxylic acids is 4. The number of ketones is 1. The summed E-state index contributed by atoms with van der Waals surface area (Å²) in [6.07, 6.45) is 0.220.